The number of hydrogen-bond acceptors (Lipinski definition) is 4. The zero-order valence-corrected chi connectivity index (χ0v) is 19.3. The van der Waals surface area contributed by atoms with Gasteiger partial charge in [-0.05, 0) is 74.9 Å². The minimum absolute atomic E-state index is 0.0359. The van der Waals surface area contributed by atoms with E-state index in [1.165, 1.54) is 24.1 Å². The molecule has 0 radical (unpaired) electrons. The molecule has 0 aromatic heterocycles. The summed E-state index contributed by atoms with van der Waals surface area (Å²) < 4.78 is 0. The van der Waals surface area contributed by atoms with Crippen molar-refractivity contribution in [2.45, 2.75) is 44.6 Å². The van der Waals surface area contributed by atoms with Gasteiger partial charge in [0.1, 0.15) is 6.04 Å². The van der Waals surface area contributed by atoms with Crippen molar-refractivity contribution < 1.29 is 14.7 Å². The lowest BCUT2D eigenvalue weighted by atomic mass is 9.93. The number of benzene rings is 2. The molecule has 2 saturated heterocycles. The zero-order chi connectivity index (χ0) is 23.0. The van der Waals surface area contributed by atoms with Crippen LogP contribution >= 0.6 is 0 Å². The van der Waals surface area contributed by atoms with Crippen molar-refractivity contribution in [3.05, 3.63) is 65.7 Å². The zero-order valence-electron chi connectivity index (χ0n) is 19.3. The lowest BCUT2D eigenvalue weighted by Crippen LogP contribution is -2.49. The van der Waals surface area contributed by atoms with E-state index in [1.807, 2.05) is 23.1 Å². The predicted octanol–water partition coefficient (Wildman–Crippen LogP) is 3.35. The Balaban J connectivity index is 1.25. The first-order chi connectivity index (χ1) is 16.1. The minimum Gasteiger partial charge on any atom is -0.480 e. The van der Waals surface area contributed by atoms with Gasteiger partial charge in [0.2, 0.25) is 5.91 Å². The molecule has 2 heterocycles. The maximum absolute atomic E-state index is 12.6. The van der Waals surface area contributed by atoms with Crippen molar-refractivity contribution in [3.63, 3.8) is 0 Å². The number of likely N-dealkylation sites (tertiary alicyclic amines) is 1. The lowest BCUT2D eigenvalue weighted by molar-refractivity contribution is -0.144. The average molecular weight is 450 g/mol. The first kappa shape index (κ1) is 23.3. The number of carbonyl (C=O) groups excluding carboxylic acids is 1. The van der Waals surface area contributed by atoms with Crippen LogP contribution in [0.25, 0.3) is 0 Å². The number of anilines is 1. The second kappa shape index (κ2) is 11.3. The number of aliphatic carboxylic acids is 1. The summed E-state index contributed by atoms with van der Waals surface area (Å²) in [5, 5.41) is 12.9. The van der Waals surface area contributed by atoms with E-state index in [0.717, 1.165) is 25.1 Å². The Bertz CT molecular complexity index is 902. The van der Waals surface area contributed by atoms with Crippen LogP contribution in [0, 0.1) is 5.92 Å². The highest BCUT2D eigenvalue weighted by Gasteiger charge is 2.32. The van der Waals surface area contributed by atoms with Gasteiger partial charge in [-0.3, -0.25) is 14.5 Å². The molecule has 1 atom stereocenters. The number of hydrogen-bond donors (Lipinski definition) is 2. The fraction of sp³-hybridized carbons (Fsp3) is 0.481. The highest BCUT2D eigenvalue weighted by molar-refractivity contribution is 5.79. The SMILES string of the molecule is O=C(NCCc1ccccc1)C1CCN(C(Cc2ccc(N3CCCC3)cc2)C(=O)O)CC1. The molecule has 0 spiro atoms. The summed E-state index contributed by atoms with van der Waals surface area (Å²) in [5.74, 6) is -0.731. The average Bonchev–Trinajstić information content (AvgIpc) is 3.39. The van der Waals surface area contributed by atoms with Gasteiger partial charge in [0, 0.05) is 31.2 Å². The fourth-order valence-corrected chi connectivity index (χ4v) is 5.01. The van der Waals surface area contributed by atoms with Crippen molar-refractivity contribution in [1.29, 1.82) is 0 Å². The topological polar surface area (TPSA) is 72.9 Å². The highest BCUT2D eigenvalue weighted by Crippen LogP contribution is 2.24. The summed E-state index contributed by atoms with van der Waals surface area (Å²) in [7, 11) is 0. The first-order valence-corrected chi connectivity index (χ1v) is 12.2. The monoisotopic (exact) mass is 449 g/mol. The van der Waals surface area contributed by atoms with Gasteiger partial charge in [-0.25, -0.2) is 0 Å². The van der Waals surface area contributed by atoms with E-state index in [9.17, 15) is 14.7 Å². The van der Waals surface area contributed by atoms with Gasteiger partial charge in [0.25, 0.3) is 0 Å². The molecule has 6 heteroatoms. The van der Waals surface area contributed by atoms with E-state index in [4.69, 9.17) is 0 Å². The minimum atomic E-state index is -0.788. The molecule has 2 aliphatic rings. The van der Waals surface area contributed by atoms with Gasteiger partial charge in [-0.1, -0.05) is 42.5 Å². The van der Waals surface area contributed by atoms with E-state index < -0.39 is 12.0 Å². The second-order valence-corrected chi connectivity index (χ2v) is 9.26. The summed E-state index contributed by atoms with van der Waals surface area (Å²) >= 11 is 0. The van der Waals surface area contributed by atoms with Crippen LogP contribution in [0.4, 0.5) is 5.69 Å². The summed E-state index contributed by atoms with van der Waals surface area (Å²) in [6.45, 7) is 4.12. The quantitative estimate of drug-likeness (QED) is 0.614. The second-order valence-electron chi connectivity index (χ2n) is 9.26. The number of piperidine rings is 1. The van der Waals surface area contributed by atoms with E-state index in [2.05, 4.69) is 46.6 Å². The van der Waals surface area contributed by atoms with Crippen molar-refractivity contribution >= 4 is 17.6 Å². The van der Waals surface area contributed by atoms with Crippen molar-refractivity contribution in [3.8, 4) is 0 Å². The normalized spacial score (nSPS) is 18.2. The van der Waals surface area contributed by atoms with Gasteiger partial charge in [0.15, 0.2) is 0 Å². The van der Waals surface area contributed by atoms with Crippen molar-refractivity contribution in [1.82, 2.24) is 10.2 Å². The van der Waals surface area contributed by atoms with Crippen LogP contribution in [0.5, 0.6) is 0 Å². The summed E-state index contributed by atoms with van der Waals surface area (Å²) in [6, 6.07) is 18.0. The predicted molar refractivity (Wildman–Crippen MR) is 130 cm³/mol. The molecule has 2 fully saturated rings. The Morgan fingerprint density at radius 2 is 1.58 bits per heavy atom. The van der Waals surface area contributed by atoms with Gasteiger partial charge in [-0.2, -0.15) is 0 Å². The molecule has 0 aliphatic carbocycles. The van der Waals surface area contributed by atoms with Crippen LogP contribution in [-0.2, 0) is 22.4 Å². The highest BCUT2D eigenvalue weighted by atomic mass is 16.4. The molecule has 6 nitrogen and oxygen atoms in total. The molecule has 4 rings (SSSR count). The van der Waals surface area contributed by atoms with Crippen LogP contribution in [0.3, 0.4) is 0 Å². The molecule has 176 valence electrons. The molecule has 33 heavy (non-hydrogen) atoms. The molecule has 2 aromatic carbocycles. The van der Waals surface area contributed by atoms with Crippen LogP contribution < -0.4 is 10.2 Å². The Morgan fingerprint density at radius 1 is 0.909 bits per heavy atom. The van der Waals surface area contributed by atoms with E-state index in [-0.39, 0.29) is 11.8 Å². The van der Waals surface area contributed by atoms with Crippen molar-refractivity contribution in [2.24, 2.45) is 5.92 Å². The molecule has 0 bridgehead atoms. The van der Waals surface area contributed by atoms with E-state index >= 15 is 0 Å². The number of carboxylic acids is 1. The van der Waals surface area contributed by atoms with Gasteiger partial charge < -0.3 is 15.3 Å². The van der Waals surface area contributed by atoms with Gasteiger partial charge in [0.05, 0.1) is 0 Å². The molecule has 1 amide bonds. The number of amides is 1. The molecular weight excluding hydrogens is 414 g/mol. The Hall–Kier alpha value is -2.86. The maximum Gasteiger partial charge on any atom is 0.321 e. The third kappa shape index (κ3) is 6.35. The number of nitrogens with zero attached hydrogens (tertiary/aromatic N) is 2. The van der Waals surface area contributed by atoms with Crippen LogP contribution in [0.15, 0.2) is 54.6 Å². The smallest absolute Gasteiger partial charge is 0.321 e. The molecular formula is C27H35N3O3. The molecule has 2 aromatic rings. The van der Waals surface area contributed by atoms with Crippen LogP contribution in [0.1, 0.15) is 36.8 Å². The van der Waals surface area contributed by atoms with Crippen LogP contribution in [0.2, 0.25) is 0 Å². The van der Waals surface area contributed by atoms with Crippen molar-refractivity contribution in [2.75, 3.05) is 37.6 Å². The third-order valence-electron chi connectivity index (χ3n) is 7.02. The summed E-state index contributed by atoms with van der Waals surface area (Å²) in [6.07, 6.45) is 5.20. The van der Waals surface area contributed by atoms with Crippen LogP contribution in [-0.4, -0.2) is 60.6 Å². The molecule has 2 aliphatic heterocycles. The largest absolute Gasteiger partial charge is 0.480 e. The maximum atomic E-state index is 12.6. The number of rotatable bonds is 9. The van der Waals surface area contributed by atoms with E-state index in [1.54, 1.807) is 0 Å². The number of nitrogens with one attached hydrogen (secondary N) is 1. The lowest BCUT2D eigenvalue weighted by Gasteiger charge is -2.35. The Labute approximate surface area is 196 Å². The molecule has 2 N–H and O–H groups in total. The van der Waals surface area contributed by atoms with E-state index in [0.29, 0.717) is 38.9 Å². The summed E-state index contributed by atoms with van der Waals surface area (Å²) in [4.78, 5) is 29.0. The Morgan fingerprint density at radius 3 is 2.21 bits per heavy atom. The molecule has 0 saturated carbocycles. The number of carboxylic acid groups (broad SMARTS) is 1. The third-order valence-corrected chi connectivity index (χ3v) is 7.02. The molecule has 1 unspecified atom stereocenters. The fourth-order valence-electron chi connectivity index (χ4n) is 5.01. The number of carbonyl (C=O) groups is 2. The van der Waals surface area contributed by atoms with Gasteiger partial charge in [-0.15, -0.1) is 0 Å². The standard InChI is InChI=1S/C27H35N3O3/c31-26(28-15-12-21-6-2-1-3-7-21)23-13-18-30(19-14-23)25(27(32)33)20-22-8-10-24(11-9-22)29-16-4-5-17-29/h1-3,6-11,23,25H,4-5,12-20H2,(H,28,31)(H,32,33). The Kier molecular flexibility index (Phi) is 8.00. The van der Waals surface area contributed by atoms with Gasteiger partial charge >= 0.3 is 5.97 Å². The summed E-state index contributed by atoms with van der Waals surface area (Å²) in [5.41, 5.74) is 3.48. The first-order valence-electron chi connectivity index (χ1n) is 12.2.